The molecule has 102 valence electrons. The highest BCUT2D eigenvalue weighted by atomic mass is 35.7. The van der Waals surface area contributed by atoms with E-state index in [-0.39, 0.29) is 0 Å². The smallest absolute Gasteiger partial charge is 0.360 e. The normalized spacial score (nSPS) is 20.9. The van der Waals surface area contributed by atoms with Gasteiger partial charge in [-0.15, -0.1) is 0 Å². The molecule has 1 aliphatic rings. The molecule has 2 nitrogen and oxygen atoms in total. The summed E-state index contributed by atoms with van der Waals surface area (Å²) in [7, 11) is 0. The van der Waals surface area contributed by atoms with Crippen LogP contribution in [0.25, 0.3) is 5.57 Å². The van der Waals surface area contributed by atoms with Crippen LogP contribution in [-0.2, 0) is 4.57 Å². The lowest BCUT2D eigenvalue weighted by molar-refractivity contribution is 0.504. The molecule has 0 spiro atoms. The molecule has 1 atom stereocenters. The first-order chi connectivity index (χ1) is 9.44. The zero-order chi connectivity index (χ0) is 14.3. The summed E-state index contributed by atoms with van der Waals surface area (Å²) in [6, 6.07) is 12.3. The first-order valence-electron chi connectivity index (χ1n) is 5.72. The van der Waals surface area contributed by atoms with Crippen LogP contribution < -0.4 is 4.52 Å². The van der Waals surface area contributed by atoms with Crippen molar-refractivity contribution in [3.8, 4) is 5.75 Å². The lowest BCUT2D eigenvalue weighted by Gasteiger charge is -2.22. The second-order valence-corrected chi connectivity index (χ2v) is 8.07. The number of fused-ring (bicyclic) bond motifs is 1. The van der Waals surface area contributed by atoms with E-state index in [1.165, 1.54) is 5.82 Å². The number of hydrogen-bond donors (Lipinski definition) is 0. The Hall–Kier alpha value is -0.920. The van der Waals surface area contributed by atoms with Crippen molar-refractivity contribution in [2.24, 2.45) is 0 Å². The Labute approximate surface area is 131 Å². The van der Waals surface area contributed by atoms with Crippen molar-refractivity contribution in [2.45, 2.75) is 0 Å². The number of benzene rings is 2. The van der Waals surface area contributed by atoms with Crippen molar-refractivity contribution in [2.75, 3.05) is 0 Å². The minimum Gasteiger partial charge on any atom is -0.429 e. The van der Waals surface area contributed by atoms with Crippen molar-refractivity contribution in [1.82, 2.24) is 0 Å². The molecule has 1 aliphatic heterocycles. The number of rotatable bonds is 1. The first-order valence-corrected chi connectivity index (χ1v) is 9.08. The predicted octanol–water partition coefficient (Wildman–Crippen LogP) is 6.21. The van der Waals surface area contributed by atoms with Gasteiger partial charge in [-0.25, -0.2) is 0 Å². The Morgan fingerprint density at radius 3 is 2.30 bits per heavy atom. The van der Waals surface area contributed by atoms with E-state index in [1.54, 1.807) is 30.3 Å². The minimum atomic E-state index is -3.33. The van der Waals surface area contributed by atoms with Crippen LogP contribution in [0, 0.1) is 0 Å². The third kappa shape index (κ3) is 2.75. The van der Waals surface area contributed by atoms with Gasteiger partial charge in [-0.05, 0) is 47.1 Å². The van der Waals surface area contributed by atoms with Crippen molar-refractivity contribution >= 4 is 46.7 Å². The van der Waals surface area contributed by atoms with E-state index in [0.717, 1.165) is 16.7 Å². The van der Waals surface area contributed by atoms with Crippen molar-refractivity contribution in [3.05, 3.63) is 69.5 Å². The molecule has 1 heterocycles. The summed E-state index contributed by atoms with van der Waals surface area (Å²) in [5.41, 5.74) is 2.33. The first kappa shape index (κ1) is 14.0. The highest BCUT2D eigenvalue weighted by molar-refractivity contribution is 7.88. The molecule has 3 rings (SSSR count). The van der Waals surface area contributed by atoms with Crippen LogP contribution in [0.3, 0.4) is 0 Å². The molecule has 0 saturated carbocycles. The van der Waals surface area contributed by atoms with E-state index in [9.17, 15) is 4.57 Å². The summed E-state index contributed by atoms with van der Waals surface area (Å²) >= 11 is 17.8. The Kier molecular flexibility index (Phi) is 3.60. The average Bonchev–Trinajstić information content (AvgIpc) is 2.39. The van der Waals surface area contributed by atoms with Gasteiger partial charge in [0, 0.05) is 27.0 Å². The van der Waals surface area contributed by atoms with Gasteiger partial charge in [0.25, 0.3) is 0 Å². The van der Waals surface area contributed by atoms with Gasteiger partial charge in [0.15, 0.2) is 0 Å². The molecule has 0 bridgehead atoms. The molecule has 1 unspecified atom stereocenters. The highest BCUT2D eigenvalue weighted by Gasteiger charge is 2.28. The van der Waals surface area contributed by atoms with E-state index >= 15 is 0 Å². The van der Waals surface area contributed by atoms with Gasteiger partial charge in [-0.2, -0.15) is 0 Å². The summed E-state index contributed by atoms with van der Waals surface area (Å²) in [5, 5.41) is 1.19. The van der Waals surface area contributed by atoms with E-state index in [1.807, 2.05) is 12.1 Å². The van der Waals surface area contributed by atoms with Gasteiger partial charge >= 0.3 is 6.72 Å². The summed E-state index contributed by atoms with van der Waals surface area (Å²) in [6.45, 7) is -3.33. The molecule has 0 fully saturated rings. The topological polar surface area (TPSA) is 26.3 Å². The van der Waals surface area contributed by atoms with Gasteiger partial charge < -0.3 is 4.52 Å². The molecule has 2 aromatic rings. The van der Waals surface area contributed by atoms with Gasteiger partial charge in [-0.1, -0.05) is 35.3 Å². The van der Waals surface area contributed by atoms with Crippen LogP contribution >= 0.6 is 41.2 Å². The van der Waals surface area contributed by atoms with Crippen LogP contribution in [0.2, 0.25) is 10.0 Å². The summed E-state index contributed by atoms with van der Waals surface area (Å²) in [6.07, 6.45) is 0. The standard InChI is InChI=1S/C14H8Cl3O2P/c15-10-3-1-9(2-4-10)13-8-20(17,18)19-14-6-5-11(16)7-12(13)14/h1-8H. The lowest BCUT2D eigenvalue weighted by atomic mass is 9.99. The molecular weight excluding hydrogens is 337 g/mol. The SMILES string of the molecule is O=P1(Cl)C=C(c2ccc(Cl)cc2)c2cc(Cl)ccc2O1. The molecule has 0 aliphatic carbocycles. The maximum atomic E-state index is 12.1. The fourth-order valence-electron chi connectivity index (χ4n) is 2.04. The molecule has 2 aromatic carbocycles. The highest BCUT2D eigenvalue weighted by Crippen LogP contribution is 2.60. The largest absolute Gasteiger partial charge is 0.429 e. The third-order valence-electron chi connectivity index (χ3n) is 2.89. The van der Waals surface area contributed by atoms with Crippen LogP contribution in [0.15, 0.2) is 48.3 Å². The molecule has 0 saturated heterocycles. The third-order valence-corrected chi connectivity index (χ3v) is 4.89. The average molecular weight is 346 g/mol. The van der Waals surface area contributed by atoms with Crippen LogP contribution in [0.4, 0.5) is 0 Å². The van der Waals surface area contributed by atoms with E-state index in [2.05, 4.69) is 0 Å². The quantitative estimate of drug-likeness (QED) is 0.575. The van der Waals surface area contributed by atoms with Crippen molar-refractivity contribution < 1.29 is 9.09 Å². The molecule has 0 aromatic heterocycles. The van der Waals surface area contributed by atoms with Gasteiger partial charge in [0.1, 0.15) is 5.75 Å². The summed E-state index contributed by atoms with van der Waals surface area (Å²) in [5.74, 6) is 1.90. The van der Waals surface area contributed by atoms with Crippen LogP contribution in [-0.4, -0.2) is 0 Å². The lowest BCUT2D eigenvalue weighted by Crippen LogP contribution is -1.99. The summed E-state index contributed by atoms with van der Waals surface area (Å²) < 4.78 is 17.4. The van der Waals surface area contributed by atoms with Gasteiger partial charge in [0.05, 0.1) is 0 Å². The Balaban J connectivity index is 2.22. The maximum absolute atomic E-state index is 12.1. The fraction of sp³-hybridized carbons (Fsp3) is 0. The number of halogens is 3. The van der Waals surface area contributed by atoms with Crippen LogP contribution in [0.1, 0.15) is 11.1 Å². The van der Waals surface area contributed by atoms with Gasteiger partial charge in [0.2, 0.25) is 0 Å². The monoisotopic (exact) mass is 344 g/mol. The zero-order valence-corrected chi connectivity index (χ0v) is 13.2. The molecule has 0 N–H and O–H groups in total. The molecule has 20 heavy (non-hydrogen) atoms. The van der Waals surface area contributed by atoms with E-state index in [4.69, 9.17) is 39.0 Å². The Bertz CT molecular complexity index is 754. The molecule has 6 heteroatoms. The molecular formula is C14H8Cl3O2P. The van der Waals surface area contributed by atoms with Crippen LogP contribution in [0.5, 0.6) is 5.75 Å². The molecule has 0 radical (unpaired) electrons. The minimum absolute atomic E-state index is 0.459. The Morgan fingerprint density at radius 1 is 0.950 bits per heavy atom. The fourth-order valence-corrected chi connectivity index (χ4v) is 3.93. The Morgan fingerprint density at radius 2 is 1.60 bits per heavy atom. The van der Waals surface area contributed by atoms with E-state index in [0.29, 0.717) is 15.8 Å². The second kappa shape index (κ2) is 5.13. The van der Waals surface area contributed by atoms with Crippen molar-refractivity contribution in [1.29, 1.82) is 0 Å². The zero-order valence-electron chi connectivity index (χ0n) is 10.0. The molecule has 0 amide bonds. The van der Waals surface area contributed by atoms with Gasteiger partial charge in [-0.3, -0.25) is 4.57 Å². The second-order valence-electron chi connectivity index (χ2n) is 4.30. The summed E-state index contributed by atoms with van der Waals surface area (Å²) in [4.78, 5) is 0. The number of hydrogen-bond acceptors (Lipinski definition) is 2. The maximum Gasteiger partial charge on any atom is 0.360 e. The van der Waals surface area contributed by atoms with E-state index < -0.39 is 6.72 Å². The van der Waals surface area contributed by atoms with Crippen molar-refractivity contribution in [3.63, 3.8) is 0 Å². The predicted molar refractivity (Wildman–Crippen MR) is 84.1 cm³/mol.